The fourth-order valence-electron chi connectivity index (χ4n) is 3.59. The van der Waals surface area contributed by atoms with Crippen molar-refractivity contribution in [3.05, 3.63) is 120 Å². The first-order chi connectivity index (χ1) is 16.5. The van der Waals surface area contributed by atoms with Crippen molar-refractivity contribution < 1.29 is 17.9 Å². The van der Waals surface area contributed by atoms with Crippen LogP contribution >= 0.6 is 0 Å². The molecule has 0 saturated heterocycles. The summed E-state index contributed by atoms with van der Waals surface area (Å²) in [5.74, 6) is 0.0628. The molecule has 6 nitrogen and oxygen atoms in total. The molecule has 0 atom stereocenters. The minimum Gasteiger partial charge on any atom is -0.495 e. The third-order valence-corrected chi connectivity index (χ3v) is 7.05. The molecule has 4 rings (SSSR count). The second kappa shape index (κ2) is 10.2. The van der Waals surface area contributed by atoms with E-state index in [9.17, 15) is 13.2 Å². The smallest absolute Gasteiger partial charge is 0.264 e. The van der Waals surface area contributed by atoms with E-state index in [-0.39, 0.29) is 22.7 Å². The highest BCUT2D eigenvalue weighted by Gasteiger charge is 2.28. The maximum Gasteiger partial charge on any atom is 0.264 e. The van der Waals surface area contributed by atoms with E-state index in [0.717, 1.165) is 5.56 Å². The van der Waals surface area contributed by atoms with E-state index in [2.05, 4.69) is 5.32 Å². The van der Waals surface area contributed by atoms with Gasteiger partial charge in [-0.05, 0) is 42.0 Å². The molecule has 0 fully saturated rings. The van der Waals surface area contributed by atoms with Gasteiger partial charge in [-0.1, -0.05) is 72.8 Å². The largest absolute Gasteiger partial charge is 0.495 e. The van der Waals surface area contributed by atoms with Gasteiger partial charge < -0.3 is 10.1 Å². The summed E-state index contributed by atoms with van der Waals surface area (Å²) in [4.78, 5) is 13.5. The number of nitrogens with zero attached hydrogens (tertiary/aromatic N) is 1. The van der Waals surface area contributed by atoms with Crippen LogP contribution in [0, 0.1) is 0 Å². The minimum atomic E-state index is -3.97. The molecule has 0 aliphatic carbocycles. The molecule has 0 saturated carbocycles. The van der Waals surface area contributed by atoms with E-state index in [4.69, 9.17) is 4.74 Å². The van der Waals surface area contributed by atoms with Crippen LogP contribution in [-0.4, -0.2) is 21.4 Å². The monoisotopic (exact) mass is 472 g/mol. The summed E-state index contributed by atoms with van der Waals surface area (Å²) in [5.41, 5.74) is 1.79. The number of carbonyl (C=O) groups excluding carboxylic acids is 1. The predicted octanol–water partition coefficient (Wildman–Crippen LogP) is 5.34. The number of methoxy groups -OCH3 is 1. The zero-order chi connectivity index (χ0) is 24.0. The molecule has 0 unspecified atom stereocenters. The minimum absolute atomic E-state index is 0.0665. The molecule has 0 radical (unpaired) electrons. The topological polar surface area (TPSA) is 75.7 Å². The molecule has 7 heteroatoms. The zero-order valence-electron chi connectivity index (χ0n) is 18.6. The van der Waals surface area contributed by atoms with Gasteiger partial charge in [-0.25, -0.2) is 8.42 Å². The number of benzene rings is 4. The standard InChI is InChI=1S/C27H24N2O4S/c1-33-26-19-11-9-17-24(26)28-27(30)23-16-8-10-18-25(23)29(20-21-12-4-2-5-13-21)34(31,32)22-14-6-3-7-15-22/h2-19H,20H2,1H3,(H,28,30). The van der Waals surface area contributed by atoms with Gasteiger partial charge in [0.05, 0.1) is 35.5 Å². The molecule has 4 aromatic carbocycles. The van der Waals surface area contributed by atoms with Gasteiger partial charge in [0.1, 0.15) is 5.75 Å². The third kappa shape index (κ3) is 4.94. The van der Waals surface area contributed by atoms with Gasteiger partial charge in [0.2, 0.25) is 0 Å². The number of nitrogens with one attached hydrogen (secondary N) is 1. The van der Waals surface area contributed by atoms with Crippen LogP contribution in [0.1, 0.15) is 15.9 Å². The maximum atomic E-state index is 13.7. The Bertz CT molecular complexity index is 1370. The summed E-state index contributed by atoms with van der Waals surface area (Å²) in [6, 6.07) is 31.2. The van der Waals surface area contributed by atoms with Crippen LogP contribution in [-0.2, 0) is 16.6 Å². The summed E-state index contributed by atoms with van der Waals surface area (Å²) in [7, 11) is -2.44. The molecule has 0 heterocycles. The number of sulfonamides is 1. The number of anilines is 2. The van der Waals surface area contributed by atoms with Crippen LogP contribution in [0.2, 0.25) is 0 Å². The predicted molar refractivity (Wildman–Crippen MR) is 134 cm³/mol. The van der Waals surface area contributed by atoms with Crippen LogP contribution in [0.4, 0.5) is 11.4 Å². The van der Waals surface area contributed by atoms with E-state index >= 15 is 0 Å². The van der Waals surface area contributed by atoms with Crippen LogP contribution in [0.3, 0.4) is 0 Å². The van der Waals surface area contributed by atoms with Crippen molar-refractivity contribution in [2.45, 2.75) is 11.4 Å². The van der Waals surface area contributed by atoms with Crippen LogP contribution in [0.5, 0.6) is 5.75 Å². The Labute approximate surface area is 199 Å². The van der Waals surface area contributed by atoms with Crippen molar-refractivity contribution in [2.75, 3.05) is 16.7 Å². The van der Waals surface area contributed by atoms with Gasteiger partial charge in [-0.15, -0.1) is 0 Å². The van der Waals surface area contributed by atoms with E-state index in [0.29, 0.717) is 11.4 Å². The highest BCUT2D eigenvalue weighted by molar-refractivity contribution is 7.92. The molecule has 1 N–H and O–H groups in total. The number of carbonyl (C=O) groups is 1. The molecule has 0 bridgehead atoms. The number of rotatable bonds is 8. The fraction of sp³-hybridized carbons (Fsp3) is 0.0741. The molecule has 1 amide bonds. The summed E-state index contributed by atoms with van der Waals surface area (Å²) in [6.07, 6.45) is 0. The van der Waals surface area contributed by atoms with Gasteiger partial charge in [0, 0.05) is 0 Å². The lowest BCUT2D eigenvalue weighted by molar-refractivity contribution is 0.102. The second-order valence-corrected chi connectivity index (χ2v) is 9.34. The van der Waals surface area contributed by atoms with E-state index < -0.39 is 15.9 Å². The van der Waals surface area contributed by atoms with Crippen molar-refractivity contribution in [3.8, 4) is 5.75 Å². The lowest BCUT2D eigenvalue weighted by atomic mass is 10.1. The number of hydrogen-bond donors (Lipinski definition) is 1. The molecule has 0 spiro atoms. The van der Waals surface area contributed by atoms with Crippen molar-refractivity contribution in [1.82, 2.24) is 0 Å². The normalized spacial score (nSPS) is 11.0. The highest BCUT2D eigenvalue weighted by atomic mass is 32.2. The lowest BCUT2D eigenvalue weighted by Crippen LogP contribution is -2.32. The molecule has 0 aliphatic rings. The van der Waals surface area contributed by atoms with Crippen LogP contribution in [0.15, 0.2) is 114 Å². The van der Waals surface area contributed by atoms with E-state index in [1.165, 1.54) is 11.4 Å². The molecule has 0 aromatic heterocycles. The molecular formula is C27H24N2O4S. The van der Waals surface area contributed by atoms with Gasteiger partial charge in [0.15, 0.2) is 0 Å². The number of amides is 1. The van der Waals surface area contributed by atoms with Crippen molar-refractivity contribution in [1.29, 1.82) is 0 Å². The average molecular weight is 473 g/mol. The zero-order valence-corrected chi connectivity index (χ0v) is 19.4. The first-order valence-electron chi connectivity index (χ1n) is 10.7. The highest BCUT2D eigenvalue weighted by Crippen LogP contribution is 2.31. The molecule has 0 aliphatic heterocycles. The van der Waals surface area contributed by atoms with Crippen LogP contribution in [0.25, 0.3) is 0 Å². The lowest BCUT2D eigenvalue weighted by Gasteiger charge is -2.26. The first kappa shape index (κ1) is 23.1. The summed E-state index contributed by atoms with van der Waals surface area (Å²) >= 11 is 0. The van der Waals surface area contributed by atoms with Gasteiger partial charge >= 0.3 is 0 Å². The van der Waals surface area contributed by atoms with Crippen molar-refractivity contribution in [3.63, 3.8) is 0 Å². The Morgan fingerprint density at radius 3 is 2.09 bits per heavy atom. The molecule has 172 valence electrons. The van der Waals surface area contributed by atoms with Crippen LogP contribution < -0.4 is 14.4 Å². The third-order valence-electron chi connectivity index (χ3n) is 5.27. The Kier molecular flexibility index (Phi) is 6.94. The first-order valence-corrected chi connectivity index (χ1v) is 12.1. The average Bonchev–Trinajstić information content (AvgIpc) is 2.88. The summed E-state index contributed by atoms with van der Waals surface area (Å²) in [6.45, 7) is 0.0665. The molecular weight excluding hydrogens is 448 g/mol. The fourth-order valence-corrected chi connectivity index (χ4v) is 5.08. The van der Waals surface area contributed by atoms with E-state index in [1.807, 2.05) is 30.3 Å². The summed E-state index contributed by atoms with van der Waals surface area (Å²) < 4.78 is 34.1. The maximum absolute atomic E-state index is 13.7. The Morgan fingerprint density at radius 1 is 0.794 bits per heavy atom. The van der Waals surface area contributed by atoms with Gasteiger partial charge in [-0.2, -0.15) is 0 Å². The Morgan fingerprint density at radius 2 is 1.38 bits per heavy atom. The number of hydrogen-bond acceptors (Lipinski definition) is 4. The second-order valence-electron chi connectivity index (χ2n) is 7.48. The Balaban J connectivity index is 1.79. The van der Waals surface area contributed by atoms with Crippen molar-refractivity contribution in [2.24, 2.45) is 0 Å². The SMILES string of the molecule is COc1ccccc1NC(=O)c1ccccc1N(Cc1ccccc1)S(=O)(=O)c1ccccc1. The quantitative estimate of drug-likeness (QED) is 0.375. The Hall–Kier alpha value is -4.10. The van der Waals surface area contributed by atoms with E-state index in [1.54, 1.807) is 78.9 Å². The van der Waals surface area contributed by atoms with Gasteiger partial charge in [0.25, 0.3) is 15.9 Å². The molecule has 34 heavy (non-hydrogen) atoms. The number of ether oxygens (including phenoxy) is 1. The number of para-hydroxylation sites is 3. The summed E-state index contributed by atoms with van der Waals surface area (Å²) in [5, 5.41) is 2.84. The van der Waals surface area contributed by atoms with Crippen molar-refractivity contribution >= 4 is 27.3 Å². The molecule has 4 aromatic rings. The van der Waals surface area contributed by atoms with Gasteiger partial charge in [-0.3, -0.25) is 9.10 Å².